The van der Waals surface area contributed by atoms with Crippen LogP contribution in [0.4, 0.5) is 4.39 Å². The van der Waals surface area contributed by atoms with Crippen molar-refractivity contribution >= 4 is 28.5 Å². The highest BCUT2D eigenvalue weighted by atomic mass is 127. The lowest BCUT2D eigenvalue weighted by Crippen LogP contribution is -2.26. The molecule has 0 aliphatic carbocycles. The van der Waals surface area contributed by atoms with Crippen molar-refractivity contribution in [1.82, 2.24) is 5.32 Å². The molecule has 0 spiro atoms. The molecule has 1 N–H and O–H groups in total. The molecule has 1 aromatic rings. The summed E-state index contributed by atoms with van der Waals surface area (Å²) in [7, 11) is 1.45. The van der Waals surface area contributed by atoms with Crippen LogP contribution in [0.1, 0.15) is 10.4 Å². The van der Waals surface area contributed by atoms with E-state index >= 15 is 0 Å². The average molecular weight is 323 g/mol. The van der Waals surface area contributed by atoms with E-state index < -0.39 is 11.7 Å². The zero-order chi connectivity index (χ0) is 11.3. The minimum absolute atomic E-state index is 0.0423. The van der Waals surface area contributed by atoms with Gasteiger partial charge in [-0.2, -0.15) is 0 Å². The summed E-state index contributed by atoms with van der Waals surface area (Å²) >= 11 is 2.13. The van der Waals surface area contributed by atoms with Crippen LogP contribution in [-0.2, 0) is 0 Å². The first-order valence-electron chi connectivity index (χ1n) is 4.36. The van der Waals surface area contributed by atoms with Crippen molar-refractivity contribution in [2.45, 2.75) is 0 Å². The van der Waals surface area contributed by atoms with Gasteiger partial charge in [-0.15, -0.1) is 0 Å². The van der Waals surface area contributed by atoms with Crippen molar-refractivity contribution in [2.75, 3.05) is 18.1 Å². The summed E-state index contributed by atoms with van der Waals surface area (Å²) < 4.78 is 19.0. The smallest absolute Gasteiger partial charge is 0.254 e. The van der Waals surface area contributed by atoms with Crippen LogP contribution in [0, 0.1) is 5.82 Å². The Bertz CT molecular complexity index is 357. The Labute approximate surface area is 101 Å². The molecule has 1 rings (SSSR count). The predicted molar refractivity (Wildman–Crippen MR) is 64.2 cm³/mol. The number of carbonyl (C=O) groups excluding carboxylic acids is 1. The molecule has 0 unspecified atom stereocenters. The maximum atomic E-state index is 13.4. The highest BCUT2D eigenvalue weighted by Crippen LogP contribution is 2.15. The molecule has 15 heavy (non-hydrogen) atoms. The van der Waals surface area contributed by atoms with Crippen molar-refractivity contribution in [3.63, 3.8) is 0 Å². The standard InChI is InChI=1S/C10H11FINO2/c1-15-7-2-3-8(9(11)6-7)10(14)13-5-4-12/h2-3,6H,4-5H2,1H3,(H,13,14). The third-order valence-electron chi connectivity index (χ3n) is 1.80. The number of halogens is 2. The Morgan fingerprint density at radius 3 is 2.87 bits per heavy atom. The fraction of sp³-hybridized carbons (Fsp3) is 0.300. The molecule has 1 aromatic carbocycles. The van der Waals surface area contributed by atoms with Gasteiger partial charge in [0, 0.05) is 17.0 Å². The third-order valence-corrected chi connectivity index (χ3v) is 2.34. The molecule has 0 aliphatic heterocycles. The molecule has 1 amide bonds. The van der Waals surface area contributed by atoms with Gasteiger partial charge in [0.05, 0.1) is 12.7 Å². The van der Waals surface area contributed by atoms with Crippen LogP contribution in [0.15, 0.2) is 18.2 Å². The lowest BCUT2D eigenvalue weighted by atomic mass is 10.2. The van der Waals surface area contributed by atoms with Crippen molar-refractivity contribution < 1.29 is 13.9 Å². The number of hydrogen-bond donors (Lipinski definition) is 1. The van der Waals surface area contributed by atoms with Gasteiger partial charge in [0.25, 0.3) is 5.91 Å². The van der Waals surface area contributed by atoms with Crippen LogP contribution in [-0.4, -0.2) is 24.0 Å². The Morgan fingerprint density at radius 2 is 2.33 bits per heavy atom. The van der Waals surface area contributed by atoms with Crippen LogP contribution < -0.4 is 10.1 Å². The number of carbonyl (C=O) groups is 1. The zero-order valence-electron chi connectivity index (χ0n) is 8.22. The number of benzene rings is 1. The Balaban J connectivity index is 2.81. The first kappa shape index (κ1) is 12.2. The number of methoxy groups -OCH3 is 1. The molecule has 0 aromatic heterocycles. The first-order valence-corrected chi connectivity index (χ1v) is 5.89. The van der Waals surface area contributed by atoms with Gasteiger partial charge in [0.1, 0.15) is 11.6 Å². The highest BCUT2D eigenvalue weighted by molar-refractivity contribution is 14.1. The summed E-state index contributed by atoms with van der Waals surface area (Å²) in [5.74, 6) is -0.565. The van der Waals surface area contributed by atoms with Crippen LogP contribution in [0.25, 0.3) is 0 Å². The van der Waals surface area contributed by atoms with E-state index in [9.17, 15) is 9.18 Å². The molecule has 0 saturated heterocycles. The molecular formula is C10H11FINO2. The zero-order valence-corrected chi connectivity index (χ0v) is 10.4. The maximum Gasteiger partial charge on any atom is 0.254 e. The number of ether oxygens (including phenoxy) is 1. The highest BCUT2D eigenvalue weighted by Gasteiger charge is 2.11. The fourth-order valence-corrected chi connectivity index (χ4v) is 1.33. The molecule has 0 bridgehead atoms. The molecule has 0 heterocycles. The summed E-state index contributed by atoms with van der Waals surface area (Å²) in [6, 6.07) is 4.16. The second-order valence-corrected chi connectivity index (χ2v) is 3.87. The average Bonchev–Trinajstić information content (AvgIpc) is 2.25. The van der Waals surface area contributed by atoms with E-state index in [0.717, 1.165) is 4.43 Å². The van der Waals surface area contributed by atoms with E-state index in [2.05, 4.69) is 27.9 Å². The minimum Gasteiger partial charge on any atom is -0.497 e. The molecule has 0 saturated carbocycles. The number of rotatable bonds is 4. The first-order chi connectivity index (χ1) is 7.19. The van der Waals surface area contributed by atoms with Crippen molar-refractivity contribution in [1.29, 1.82) is 0 Å². The second kappa shape index (κ2) is 5.89. The quantitative estimate of drug-likeness (QED) is 0.680. The maximum absolute atomic E-state index is 13.4. The van der Waals surface area contributed by atoms with E-state index in [4.69, 9.17) is 4.74 Å². The van der Waals surface area contributed by atoms with Gasteiger partial charge >= 0.3 is 0 Å². The van der Waals surface area contributed by atoms with Gasteiger partial charge in [-0.25, -0.2) is 4.39 Å². The molecule has 0 fully saturated rings. The third kappa shape index (κ3) is 3.33. The van der Waals surface area contributed by atoms with Crippen LogP contribution >= 0.6 is 22.6 Å². The van der Waals surface area contributed by atoms with Crippen LogP contribution in [0.3, 0.4) is 0 Å². The van der Waals surface area contributed by atoms with Crippen molar-refractivity contribution in [3.05, 3.63) is 29.6 Å². The molecule has 5 heteroatoms. The summed E-state index contributed by atoms with van der Waals surface area (Å²) in [6.07, 6.45) is 0. The van der Waals surface area contributed by atoms with E-state index in [-0.39, 0.29) is 5.56 Å². The summed E-state index contributed by atoms with van der Waals surface area (Å²) in [6.45, 7) is 0.533. The molecule has 0 atom stereocenters. The summed E-state index contributed by atoms with van der Waals surface area (Å²) in [5, 5.41) is 2.60. The van der Waals surface area contributed by atoms with Gasteiger partial charge in [-0.3, -0.25) is 4.79 Å². The normalized spacial score (nSPS) is 9.80. The predicted octanol–water partition coefficient (Wildman–Crippen LogP) is 2.00. The van der Waals surface area contributed by atoms with Gasteiger partial charge in [0.2, 0.25) is 0 Å². The molecule has 0 radical (unpaired) electrons. The molecular weight excluding hydrogens is 312 g/mol. The second-order valence-electron chi connectivity index (χ2n) is 2.79. The van der Waals surface area contributed by atoms with Crippen molar-refractivity contribution in [2.24, 2.45) is 0 Å². The number of amides is 1. The van der Waals surface area contributed by atoms with E-state index in [1.54, 1.807) is 6.07 Å². The largest absolute Gasteiger partial charge is 0.497 e. The molecule has 3 nitrogen and oxygen atoms in total. The van der Waals surface area contributed by atoms with E-state index in [0.29, 0.717) is 12.3 Å². The fourth-order valence-electron chi connectivity index (χ4n) is 1.06. The van der Waals surface area contributed by atoms with Gasteiger partial charge in [-0.05, 0) is 12.1 Å². The summed E-state index contributed by atoms with van der Waals surface area (Å²) in [5.41, 5.74) is 0.0423. The summed E-state index contributed by atoms with van der Waals surface area (Å²) in [4.78, 5) is 11.4. The Morgan fingerprint density at radius 1 is 1.60 bits per heavy atom. The Hall–Kier alpha value is -0.850. The molecule has 0 aliphatic rings. The number of alkyl halides is 1. The van der Waals surface area contributed by atoms with E-state index in [1.807, 2.05) is 0 Å². The number of hydrogen-bond acceptors (Lipinski definition) is 2. The van der Waals surface area contributed by atoms with Crippen molar-refractivity contribution in [3.8, 4) is 5.75 Å². The SMILES string of the molecule is COc1ccc(C(=O)NCCI)c(F)c1. The molecule has 82 valence electrons. The number of nitrogens with one attached hydrogen (secondary N) is 1. The monoisotopic (exact) mass is 323 g/mol. The lowest BCUT2D eigenvalue weighted by Gasteiger charge is -2.05. The van der Waals surface area contributed by atoms with E-state index in [1.165, 1.54) is 19.2 Å². The minimum atomic E-state index is -0.569. The van der Waals surface area contributed by atoms with Crippen LogP contribution in [0.2, 0.25) is 0 Å². The van der Waals surface area contributed by atoms with Gasteiger partial charge in [0.15, 0.2) is 0 Å². The topological polar surface area (TPSA) is 38.3 Å². The van der Waals surface area contributed by atoms with Gasteiger partial charge in [-0.1, -0.05) is 22.6 Å². The van der Waals surface area contributed by atoms with Crippen LogP contribution in [0.5, 0.6) is 5.75 Å². The van der Waals surface area contributed by atoms with Gasteiger partial charge < -0.3 is 10.1 Å². The Kier molecular flexibility index (Phi) is 4.80. The lowest BCUT2D eigenvalue weighted by molar-refractivity contribution is 0.0952.